The maximum absolute atomic E-state index is 11.7. The second-order valence-electron chi connectivity index (χ2n) is 0.669. The Bertz CT molecular complexity index is 32.5. The van der Waals surface area contributed by atoms with Gasteiger partial charge < -0.3 is 0 Å². The second kappa shape index (κ2) is 3.60. The van der Waals surface area contributed by atoms with Crippen LogP contribution >= 0.6 is 54.5 Å². The zero-order valence-corrected chi connectivity index (χ0v) is 8.00. The molecule has 0 aromatic heterocycles. The fraction of sp³-hybridized carbons (Fsp3) is 1.00. The molecule has 0 fully saturated rings. The van der Waals surface area contributed by atoms with E-state index in [4.69, 9.17) is 0 Å². The maximum Gasteiger partial charge on any atom is 0.176 e. The summed E-state index contributed by atoms with van der Waals surface area (Å²) in [5.41, 5.74) is 0. The Labute approximate surface area is 66.3 Å². The first-order valence-electron chi connectivity index (χ1n) is 1.21. The lowest BCUT2D eigenvalue weighted by Crippen LogP contribution is -1.95. The van der Waals surface area contributed by atoms with E-state index in [0.29, 0.717) is 0 Å². The van der Waals surface area contributed by atoms with Crippen LogP contribution in [0.4, 0.5) is 4.39 Å². The van der Waals surface area contributed by atoms with Crippen LogP contribution in [0.2, 0.25) is 0 Å². The zero-order valence-electron chi connectivity index (χ0n) is 2.67. The van der Waals surface area contributed by atoms with Crippen LogP contribution in [0.25, 0.3) is 0 Å². The SMILES string of the molecule is F[C@H]([79Br])[C@H]([79Br])I. The minimum absolute atomic E-state index is 0.116. The van der Waals surface area contributed by atoms with Gasteiger partial charge in [-0.1, -0.05) is 38.5 Å². The highest BCUT2D eigenvalue weighted by Crippen LogP contribution is 2.20. The Morgan fingerprint density at radius 3 is 1.67 bits per heavy atom. The van der Waals surface area contributed by atoms with Crippen LogP contribution in [0.15, 0.2) is 0 Å². The van der Waals surface area contributed by atoms with Crippen LogP contribution < -0.4 is 0 Å². The van der Waals surface area contributed by atoms with E-state index >= 15 is 0 Å². The molecule has 0 aromatic carbocycles. The molecule has 0 saturated heterocycles. The van der Waals surface area contributed by atoms with Gasteiger partial charge in [0.1, 0.15) is 2.83 Å². The highest BCUT2D eigenvalue weighted by molar-refractivity contribution is 14.1. The van der Waals surface area contributed by atoms with E-state index in [-0.39, 0.29) is 2.83 Å². The summed E-state index contributed by atoms with van der Waals surface area (Å²) in [4.78, 5) is 0. The van der Waals surface area contributed by atoms with Crippen LogP contribution in [-0.2, 0) is 0 Å². The molecule has 0 bridgehead atoms. The lowest BCUT2D eigenvalue weighted by molar-refractivity contribution is 0.495. The minimum atomic E-state index is -0.932. The van der Waals surface area contributed by atoms with Crippen molar-refractivity contribution in [3.8, 4) is 0 Å². The monoisotopic (exact) mass is 330 g/mol. The lowest BCUT2D eigenvalue weighted by Gasteiger charge is -1.95. The zero-order chi connectivity index (χ0) is 5.15. The molecule has 0 heterocycles. The Kier molecular flexibility index (Phi) is 4.57. The largest absolute Gasteiger partial charge is 0.233 e. The molecular weight excluding hydrogens is 328 g/mol. The minimum Gasteiger partial charge on any atom is -0.233 e. The van der Waals surface area contributed by atoms with E-state index in [9.17, 15) is 4.39 Å². The second-order valence-corrected chi connectivity index (χ2v) is 5.58. The normalized spacial score (nSPS) is 20.0. The number of alkyl halides is 4. The van der Waals surface area contributed by atoms with Crippen molar-refractivity contribution in [1.82, 2.24) is 0 Å². The van der Waals surface area contributed by atoms with Gasteiger partial charge >= 0.3 is 0 Å². The molecule has 0 unspecified atom stereocenters. The van der Waals surface area contributed by atoms with Crippen molar-refractivity contribution in [2.75, 3.05) is 0 Å². The van der Waals surface area contributed by atoms with Crippen LogP contribution in [0, 0.1) is 0 Å². The smallest absolute Gasteiger partial charge is 0.176 e. The van der Waals surface area contributed by atoms with Gasteiger partial charge in [-0.2, -0.15) is 0 Å². The predicted molar refractivity (Wildman–Crippen MR) is 40.6 cm³/mol. The van der Waals surface area contributed by atoms with Crippen molar-refractivity contribution in [2.45, 2.75) is 7.91 Å². The molecule has 0 spiro atoms. The quantitative estimate of drug-likeness (QED) is 0.512. The highest BCUT2D eigenvalue weighted by Gasteiger charge is 2.07. The summed E-state index contributed by atoms with van der Waals surface area (Å²) in [6.45, 7) is 0. The van der Waals surface area contributed by atoms with Crippen molar-refractivity contribution in [3.05, 3.63) is 0 Å². The summed E-state index contributed by atoms with van der Waals surface area (Å²) >= 11 is 7.65. The predicted octanol–water partition coefficient (Wildman–Crippen LogP) is 2.83. The molecule has 0 rings (SSSR count). The molecule has 0 aliphatic carbocycles. The van der Waals surface area contributed by atoms with E-state index in [1.807, 2.05) is 22.6 Å². The van der Waals surface area contributed by atoms with Gasteiger partial charge in [-0.3, -0.25) is 0 Å². The van der Waals surface area contributed by atoms with Crippen molar-refractivity contribution >= 4 is 54.5 Å². The summed E-state index contributed by atoms with van der Waals surface area (Å²) in [5.74, 6) is 0. The summed E-state index contributed by atoms with van der Waals surface area (Å²) < 4.78 is 11.6. The van der Waals surface area contributed by atoms with E-state index in [0.717, 1.165) is 0 Å². The first-order chi connectivity index (χ1) is 2.64. The number of halogens is 4. The Morgan fingerprint density at radius 2 is 1.67 bits per heavy atom. The third-order valence-electron chi connectivity index (χ3n) is 0.190. The molecule has 0 saturated carbocycles. The average Bonchev–Trinajstić information content (AvgIpc) is 1.36. The van der Waals surface area contributed by atoms with E-state index in [2.05, 4.69) is 31.9 Å². The van der Waals surface area contributed by atoms with Gasteiger partial charge in [-0.15, -0.1) is 0 Å². The van der Waals surface area contributed by atoms with Crippen molar-refractivity contribution in [2.24, 2.45) is 0 Å². The van der Waals surface area contributed by atoms with Gasteiger partial charge in [0.2, 0.25) is 0 Å². The molecule has 0 N–H and O–H groups in total. The number of hydrogen-bond acceptors (Lipinski definition) is 0. The standard InChI is InChI=1S/C2H2Br2FI/c3-1(5)2(4)6/h1-2H/t1-,2+/m0/s1/i3-1,4-1. The average molecular weight is 330 g/mol. The van der Waals surface area contributed by atoms with E-state index < -0.39 is 5.08 Å². The summed E-state index contributed by atoms with van der Waals surface area (Å²) in [5, 5.41) is -0.932. The molecule has 0 nitrogen and oxygen atoms in total. The van der Waals surface area contributed by atoms with Crippen LogP contribution in [-0.4, -0.2) is 7.91 Å². The molecule has 0 amide bonds. The van der Waals surface area contributed by atoms with Crippen LogP contribution in [0.5, 0.6) is 0 Å². The first-order valence-corrected chi connectivity index (χ1v) is 4.28. The van der Waals surface area contributed by atoms with Crippen LogP contribution in [0.3, 0.4) is 0 Å². The van der Waals surface area contributed by atoms with Crippen molar-refractivity contribution in [1.29, 1.82) is 0 Å². The van der Waals surface area contributed by atoms with Gasteiger partial charge in [-0.25, -0.2) is 4.39 Å². The Hall–Kier alpha value is 1.62. The van der Waals surface area contributed by atoms with Gasteiger partial charge in [0.05, 0.1) is 0 Å². The van der Waals surface area contributed by atoms with Gasteiger partial charge in [-0.05, 0) is 15.9 Å². The molecule has 4 heteroatoms. The fourth-order valence-corrected chi connectivity index (χ4v) is 0. The lowest BCUT2D eigenvalue weighted by atomic mass is 10.9. The topological polar surface area (TPSA) is 0 Å². The van der Waals surface area contributed by atoms with Crippen LogP contribution in [0.1, 0.15) is 0 Å². The molecule has 2 atom stereocenters. The van der Waals surface area contributed by atoms with Crippen molar-refractivity contribution < 1.29 is 4.39 Å². The molecule has 0 radical (unpaired) electrons. The molecule has 0 aliphatic heterocycles. The molecule has 0 aromatic rings. The van der Waals surface area contributed by atoms with Gasteiger partial charge in [0.25, 0.3) is 0 Å². The van der Waals surface area contributed by atoms with Gasteiger partial charge in [0, 0.05) is 0 Å². The molecule has 0 aliphatic rings. The third kappa shape index (κ3) is 3.80. The Balaban J connectivity index is 2.99. The molecule has 38 valence electrons. The summed E-state index contributed by atoms with van der Waals surface area (Å²) in [7, 11) is 0. The summed E-state index contributed by atoms with van der Waals surface area (Å²) in [6.07, 6.45) is 0. The van der Waals surface area contributed by atoms with Gasteiger partial charge in [0.15, 0.2) is 5.08 Å². The van der Waals surface area contributed by atoms with E-state index in [1.165, 1.54) is 0 Å². The molecular formula is C2H2Br2FI. The number of rotatable bonds is 1. The third-order valence-corrected chi connectivity index (χ3v) is 3.51. The highest BCUT2D eigenvalue weighted by atomic mass is 127. The maximum atomic E-state index is 11.7. The first kappa shape index (κ1) is 7.62. The Morgan fingerprint density at radius 1 is 1.50 bits per heavy atom. The summed E-state index contributed by atoms with van der Waals surface area (Å²) in [6, 6.07) is 0. The fourth-order valence-electron chi connectivity index (χ4n) is 0. The van der Waals surface area contributed by atoms with E-state index in [1.54, 1.807) is 0 Å². The molecule has 6 heavy (non-hydrogen) atoms. The number of hydrogen-bond donors (Lipinski definition) is 0. The van der Waals surface area contributed by atoms with Crippen molar-refractivity contribution in [3.63, 3.8) is 0 Å².